The molecule has 39 heavy (non-hydrogen) atoms. The molecular formula is C28H29FN4O4S2. The summed E-state index contributed by atoms with van der Waals surface area (Å²) in [4.78, 5) is 23.1. The van der Waals surface area contributed by atoms with Gasteiger partial charge in [-0.15, -0.1) is 0 Å². The lowest BCUT2D eigenvalue weighted by Crippen LogP contribution is -2.25. The van der Waals surface area contributed by atoms with Gasteiger partial charge >= 0.3 is 0 Å². The quantitative estimate of drug-likeness (QED) is 0.257. The molecule has 2 N–H and O–H groups in total. The first-order valence-electron chi connectivity index (χ1n) is 12.8. The number of aromatic nitrogens is 2. The SMILES string of the molecule is COc1ccc2nc(NC(=O)C(CC3CCCC3)c3ccc(S(=O)(=O)NCc4ccccc4F)cc3)sc2n1. The van der Waals surface area contributed by atoms with Crippen LogP contribution in [0, 0.1) is 11.7 Å². The van der Waals surface area contributed by atoms with Crippen molar-refractivity contribution in [3.8, 4) is 5.88 Å². The predicted molar refractivity (Wildman–Crippen MR) is 149 cm³/mol. The highest BCUT2D eigenvalue weighted by atomic mass is 32.2. The van der Waals surface area contributed by atoms with E-state index in [1.54, 1.807) is 43.5 Å². The van der Waals surface area contributed by atoms with Gasteiger partial charge in [0.25, 0.3) is 0 Å². The van der Waals surface area contributed by atoms with Gasteiger partial charge in [-0.3, -0.25) is 4.79 Å². The van der Waals surface area contributed by atoms with Crippen molar-refractivity contribution in [3.05, 3.63) is 77.6 Å². The van der Waals surface area contributed by atoms with E-state index < -0.39 is 21.8 Å². The van der Waals surface area contributed by atoms with E-state index in [4.69, 9.17) is 4.74 Å². The molecule has 5 rings (SSSR count). The van der Waals surface area contributed by atoms with Crippen LogP contribution in [0.25, 0.3) is 10.3 Å². The Morgan fingerprint density at radius 3 is 2.54 bits per heavy atom. The smallest absolute Gasteiger partial charge is 0.240 e. The molecule has 0 bridgehead atoms. The Balaban J connectivity index is 1.34. The zero-order valence-electron chi connectivity index (χ0n) is 21.4. The minimum atomic E-state index is -3.87. The van der Waals surface area contributed by atoms with Crippen molar-refractivity contribution in [2.75, 3.05) is 12.4 Å². The molecule has 1 aliphatic carbocycles. The molecule has 0 spiro atoms. The third kappa shape index (κ3) is 6.43. The van der Waals surface area contributed by atoms with Gasteiger partial charge in [0.15, 0.2) is 5.13 Å². The summed E-state index contributed by atoms with van der Waals surface area (Å²) in [6, 6.07) is 15.9. The van der Waals surface area contributed by atoms with E-state index in [1.807, 2.05) is 0 Å². The molecule has 1 saturated carbocycles. The van der Waals surface area contributed by atoms with Gasteiger partial charge in [0.05, 0.1) is 17.9 Å². The highest BCUT2D eigenvalue weighted by Crippen LogP contribution is 2.36. The number of amides is 1. The van der Waals surface area contributed by atoms with Crippen LogP contribution in [0.1, 0.15) is 49.1 Å². The maximum absolute atomic E-state index is 13.9. The van der Waals surface area contributed by atoms with Crippen molar-refractivity contribution >= 4 is 42.7 Å². The number of rotatable bonds is 10. The summed E-state index contributed by atoms with van der Waals surface area (Å²) in [6.45, 7) is -0.160. The second-order valence-electron chi connectivity index (χ2n) is 9.61. The molecule has 0 saturated heterocycles. The average Bonchev–Trinajstić information content (AvgIpc) is 3.60. The van der Waals surface area contributed by atoms with Gasteiger partial charge in [-0.05, 0) is 42.2 Å². The lowest BCUT2D eigenvalue weighted by molar-refractivity contribution is -0.118. The monoisotopic (exact) mass is 568 g/mol. The number of ether oxygens (including phenoxy) is 1. The Labute approximate surface area is 230 Å². The number of thiazole rings is 1. The van der Waals surface area contributed by atoms with E-state index in [0.29, 0.717) is 33.7 Å². The summed E-state index contributed by atoms with van der Waals surface area (Å²) in [7, 11) is -2.33. The topological polar surface area (TPSA) is 110 Å². The van der Waals surface area contributed by atoms with Gasteiger partial charge in [0, 0.05) is 18.2 Å². The number of anilines is 1. The maximum atomic E-state index is 13.9. The van der Waals surface area contributed by atoms with Gasteiger partial charge in [-0.2, -0.15) is 0 Å². The molecule has 4 aromatic rings. The van der Waals surface area contributed by atoms with Crippen LogP contribution in [-0.4, -0.2) is 31.4 Å². The summed E-state index contributed by atoms with van der Waals surface area (Å²) >= 11 is 1.27. The van der Waals surface area contributed by atoms with E-state index in [1.165, 1.54) is 35.6 Å². The van der Waals surface area contributed by atoms with Gasteiger partial charge in [-0.25, -0.2) is 27.5 Å². The largest absolute Gasteiger partial charge is 0.481 e. The summed E-state index contributed by atoms with van der Waals surface area (Å²) in [5.41, 5.74) is 1.66. The van der Waals surface area contributed by atoms with E-state index in [-0.39, 0.29) is 22.9 Å². The zero-order chi connectivity index (χ0) is 27.4. The summed E-state index contributed by atoms with van der Waals surface area (Å²) in [5, 5.41) is 3.40. The van der Waals surface area contributed by atoms with E-state index >= 15 is 0 Å². The van der Waals surface area contributed by atoms with Gasteiger partial charge in [0.2, 0.25) is 21.8 Å². The molecule has 1 unspecified atom stereocenters. The van der Waals surface area contributed by atoms with Crippen molar-refractivity contribution < 1.29 is 22.3 Å². The van der Waals surface area contributed by atoms with E-state index in [2.05, 4.69) is 20.0 Å². The molecule has 11 heteroatoms. The van der Waals surface area contributed by atoms with Crippen LogP contribution in [0.3, 0.4) is 0 Å². The lowest BCUT2D eigenvalue weighted by Gasteiger charge is -2.20. The highest BCUT2D eigenvalue weighted by molar-refractivity contribution is 7.89. The van der Waals surface area contributed by atoms with Crippen molar-refractivity contribution in [3.63, 3.8) is 0 Å². The minimum Gasteiger partial charge on any atom is -0.481 e. The normalized spacial score (nSPS) is 14.9. The van der Waals surface area contributed by atoms with Gasteiger partial charge in [-0.1, -0.05) is 67.4 Å². The standard InChI is InChI=1S/C28H29FN4O4S2/c1-37-25-15-14-24-27(32-25)38-28(31-24)33-26(34)22(16-18-6-2-3-7-18)19-10-12-21(13-11-19)39(35,36)30-17-20-8-4-5-9-23(20)29/h4-5,8-15,18,22,30H,2-3,6-7,16-17H2,1H3,(H,31,33,34). The Morgan fingerprint density at radius 2 is 1.82 bits per heavy atom. The van der Waals surface area contributed by atoms with E-state index in [9.17, 15) is 17.6 Å². The fraction of sp³-hybridized carbons (Fsp3) is 0.321. The molecule has 2 heterocycles. The average molecular weight is 569 g/mol. The van der Waals surface area contributed by atoms with Crippen LogP contribution >= 0.6 is 11.3 Å². The number of carbonyl (C=O) groups is 1. The van der Waals surface area contributed by atoms with Crippen molar-refractivity contribution in [1.82, 2.24) is 14.7 Å². The first kappa shape index (κ1) is 27.2. The maximum Gasteiger partial charge on any atom is 0.240 e. The molecule has 1 amide bonds. The molecule has 1 atom stereocenters. The first-order valence-corrected chi connectivity index (χ1v) is 15.1. The number of nitrogens with zero attached hydrogens (tertiary/aromatic N) is 2. The van der Waals surface area contributed by atoms with Gasteiger partial charge in [0.1, 0.15) is 16.2 Å². The second-order valence-corrected chi connectivity index (χ2v) is 12.4. The third-order valence-corrected chi connectivity index (χ3v) is 9.33. The summed E-state index contributed by atoms with van der Waals surface area (Å²) < 4.78 is 47.2. The predicted octanol–water partition coefficient (Wildman–Crippen LogP) is 5.62. The van der Waals surface area contributed by atoms with E-state index in [0.717, 1.165) is 31.2 Å². The summed E-state index contributed by atoms with van der Waals surface area (Å²) in [6.07, 6.45) is 5.10. The number of hydrogen-bond donors (Lipinski definition) is 2. The first-order chi connectivity index (χ1) is 18.8. The molecule has 1 aliphatic rings. The van der Waals surface area contributed by atoms with Crippen LogP contribution in [0.4, 0.5) is 9.52 Å². The third-order valence-electron chi connectivity index (χ3n) is 7.03. The van der Waals surface area contributed by atoms with Crippen molar-refractivity contribution in [1.29, 1.82) is 0 Å². The molecule has 8 nitrogen and oxygen atoms in total. The number of hydrogen-bond acceptors (Lipinski definition) is 7. The van der Waals surface area contributed by atoms with Crippen LogP contribution in [0.2, 0.25) is 0 Å². The van der Waals surface area contributed by atoms with Crippen molar-refractivity contribution in [2.24, 2.45) is 5.92 Å². The van der Waals surface area contributed by atoms with Crippen molar-refractivity contribution in [2.45, 2.75) is 49.5 Å². The van der Waals surface area contributed by atoms with Crippen LogP contribution < -0.4 is 14.8 Å². The number of halogens is 1. The fourth-order valence-electron chi connectivity index (χ4n) is 4.91. The molecule has 1 fully saturated rings. The van der Waals surface area contributed by atoms with Crippen LogP contribution in [0.15, 0.2) is 65.6 Å². The molecule has 2 aromatic heterocycles. The second kappa shape index (κ2) is 11.8. The number of pyridine rings is 1. The number of carbonyl (C=O) groups excluding carboxylic acids is 1. The molecule has 204 valence electrons. The molecule has 0 aliphatic heterocycles. The molecule has 0 radical (unpaired) electrons. The zero-order valence-corrected chi connectivity index (χ0v) is 23.0. The lowest BCUT2D eigenvalue weighted by atomic mass is 9.87. The van der Waals surface area contributed by atoms with Gasteiger partial charge < -0.3 is 10.1 Å². The number of sulfonamides is 1. The Kier molecular flexibility index (Phi) is 8.20. The molecular weight excluding hydrogens is 539 g/mol. The Hall–Kier alpha value is -3.41. The Bertz CT molecular complexity index is 1570. The number of benzene rings is 2. The fourth-order valence-corrected chi connectivity index (χ4v) is 6.75. The number of nitrogens with one attached hydrogen (secondary N) is 2. The molecule has 2 aromatic carbocycles. The highest BCUT2D eigenvalue weighted by Gasteiger charge is 2.28. The number of fused-ring (bicyclic) bond motifs is 1. The summed E-state index contributed by atoms with van der Waals surface area (Å²) in [5.74, 6) is -0.235. The number of methoxy groups -OCH3 is 1. The van der Waals surface area contributed by atoms with Crippen LogP contribution in [0.5, 0.6) is 5.88 Å². The minimum absolute atomic E-state index is 0.0498. The Morgan fingerprint density at radius 1 is 1.08 bits per heavy atom. The van der Waals surface area contributed by atoms with Crippen LogP contribution in [-0.2, 0) is 21.4 Å².